The maximum absolute atomic E-state index is 13.8. The Morgan fingerprint density at radius 3 is 2.53 bits per heavy atom. The van der Waals surface area contributed by atoms with Crippen LogP contribution in [0.5, 0.6) is 5.75 Å². The summed E-state index contributed by atoms with van der Waals surface area (Å²) >= 11 is 0. The molecule has 2 aromatic heterocycles. The monoisotopic (exact) mass is 475 g/mol. The van der Waals surface area contributed by atoms with Crippen molar-refractivity contribution >= 4 is 46.1 Å². The Morgan fingerprint density at radius 1 is 1.00 bits per heavy atom. The number of Topliss-reactive ketones (excluding diaryl/α,β-unsaturated/α-hetero) is 1. The highest BCUT2D eigenvalue weighted by molar-refractivity contribution is 6.53. The summed E-state index contributed by atoms with van der Waals surface area (Å²) in [6.07, 6.45) is 8.25. The molecule has 2 aliphatic rings. The first-order valence-electron chi connectivity index (χ1n) is 11.4. The van der Waals surface area contributed by atoms with Crippen LogP contribution in [0.15, 0.2) is 90.3 Å². The minimum Gasteiger partial charge on any atom is -0.505 e. The minimum absolute atomic E-state index is 0.0268. The molecular weight excluding hydrogens is 456 g/mol. The Morgan fingerprint density at radius 2 is 1.75 bits per heavy atom. The predicted molar refractivity (Wildman–Crippen MR) is 133 cm³/mol. The minimum atomic E-state index is -0.549. The van der Waals surface area contributed by atoms with E-state index in [-0.39, 0.29) is 23.1 Å². The van der Waals surface area contributed by atoms with Crippen LogP contribution in [-0.2, 0) is 4.79 Å². The molecule has 8 heteroatoms. The number of carbonyl (C=O) groups excluding carboxylic acids is 3. The fourth-order valence-electron chi connectivity index (χ4n) is 4.74. The molecule has 36 heavy (non-hydrogen) atoms. The number of pyridine rings is 1. The number of aliphatic imine (C=N–C) groups is 1. The molecule has 0 radical (unpaired) electrons. The lowest BCUT2D eigenvalue weighted by molar-refractivity contribution is -0.367. The van der Waals surface area contributed by atoms with E-state index in [0.29, 0.717) is 34.1 Å². The smallest absolute Gasteiger partial charge is 0.400 e. The summed E-state index contributed by atoms with van der Waals surface area (Å²) in [7, 11) is 0. The van der Waals surface area contributed by atoms with Crippen LogP contribution in [0, 0.1) is 5.92 Å². The van der Waals surface area contributed by atoms with Crippen molar-refractivity contribution in [2.24, 2.45) is 10.9 Å². The zero-order valence-electron chi connectivity index (χ0n) is 18.9. The second-order valence-electron chi connectivity index (χ2n) is 8.47. The van der Waals surface area contributed by atoms with Gasteiger partial charge in [-0.15, -0.1) is 4.58 Å². The lowest BCUT2D eigenvalue weighted by Gasteiger charge is -2.10. The third-order valence-electron chi connectivity index (χ3n) is 6.44. The molecule has 2 aliphatic heterocycles. The fourth-order valence-corrected chi connectivity index (χ4v) is 4.74. The molecule has 1 atom stereocenters. The average Bonchev–Trinajstić information content (AvgIpc) is 3.39. The van der Waals surface area contributed by atoms with Gasteiger partial charge in [-0.1, -0.05) is 24.3 Å². The molecule has 0 saturated carbocycles. The molecule has 0 saturated heterocycles. The van der Waals surface area contributed by atoms with Crippen LogP contribution < -0.4 is 0 Å². The second-order valence-corrected chi connectivity index (χ2v) is 8.47. The number of aromatic nitrogens is 2. The van der Waals surface area contributed by atoms with Gasteiger partial charge in [0, 0.05) is 48.2 Å². The van der Waals surface area contributed by atoms with Crippen LogP contribution >= 0.6 is 0 Å². The van der Waals surface area contributed by atoms with Crippen LogP contribution in [0.25, 0.3) is 10.9 Å². The molecule has 0 aliphatic carbocycles. The second kappa shape index (κ2) is 8.35. The van der Waals surface area contributed by atoms with Gasteiger partial charge < -0.3 is 5.11 Å². The van der Waals surface area contributed by atoms with E-state index in [4.69, 9.17) is 0 Å². The molecule has 2 aromatic carbocycles. The van der Waals surface area contributed by atoms with Crippen LogP contribution in [0.3, 0.4) is 0 Å². The van der Waals surface area contributed by atoms with Gasteiger partial charge in [0.05, 0.1) is 5.52 Å². The van der Waals surface area contributed by atoms with Crippen molar-refractivity contribution in [3.63, 3.8) is 0 Å². The van der Waals surface area contributed by atoms with E-state index in [0.717, 1.165) is 0 Å². The first-order chi connectivity index (χ1) is 17.6. The Balaban J connectivity index is 1.68. The van der Waals surface area contributed by atoms with Crippen LogP contribution in [0.1, 0.15) is 32.8 Å². The highest BCUT2D eigenvalue weighted by Gasteiger charge is 2.48. The molecule has 0 spiro atoms. The van der Waals surface area contributed by atoms with Crippen molar-refractivity contribution in [3.8, 4) is 5.75 Å². The zero-order valence-corrected chi connectivity index (χ0v) is 18.9. The number of hydrogen-bond donors (Lipinski definition) is 1. The van der Waals surface area contributed by atoms with Gasteiger partial charge in [0.15, 0.2) is 11.4 Å². The van der Waals surface area contributed by atoms with Crippen molar-refractivity contribution in [2.45, 2.75) is 6.42 Å². The summed E-state index contributed by atoms with van der Waals surface area (Å²) in [6, 6.07) is 16.7. The third kappa shape index (κ3) is 3.15. The van der Waals surface area contributed by atoms with Gasteiger partial charge in [0.2, 0.25) is 5.69 Å². The molecule has 0 fully saturated rings. The van der Waals surface area contributed by atoms with E-state index in [1.54, 1.807) is 79.2 Å². The number of benzene rings is 2. The number of amides is 1. The van der Waals surface area contributed by atoms with Crippen LogP contribution in [0.4, 0.5) is 5.69 Å². The van der Waals surface area contributed by atoms with Gasteiger partial charge in [-0.3, -0.25) is 24.1 Å². The number of nitrogens with zero attached hydrogens (tertiary/aromatic N) is 4. The van der Waals surface area contributed by atoms with Crippen molar-refractivity contribution in [1.82, 2.24) is 9.55 Å². The predicted octanol–water partition coefficient (Wildman–Crippen LogP) is 3.89. The molecule has 1 unspecified atom stereocenters. The number of aromatic hydroxyl groups is 1. The number of rotatable bonds is 3. The largest absolute Gasteiger partial charge is 0.505 e. The number of para-hydroxylation sites is 2. The highest BCUT2D eigenvalue weighted by atomic mass is 16.3. The Kier molecular flexibility index (Phi) is 5.00. The lowest BCUT2D eigenvalue weighted by Crippen LogP contribution is -2.32. The van der Waals surface area contributed by atoms with Crippen molar-refractivity contribution < 1.29 is 24.1 Å². The maximum atomic E-state index is 13.8. The standard InChI is InChI=1S/C28H18N4O4/c33-25-19-5-1-3-7-21(19)31(27(35)17-9-13-29-14-10-17)23(25)24-26(34)20-6-2-4-8-22(20)32(24)28(36)18-11-15-30-16-12-18/h1-11,13-16,18H,12H2/p+1. The number of hydrogen-bond acceptors (Lipinski definition) is 6. The van der Waals surface area contributed by atoms with Gasteiger partial charge >= 0.3 is 5.91 Å². The third-order valence-corrected chi connectivity index (χ3v) is 6.44. The highest BCUT2D eigenvalue weighted by Crippen LogP contribution is 2.38. The summed E-state index contributed by atoms with van der Waals surface area (Å²) in [4.78, 5) is 49.4. The molecule has 8 nitrogen and oxygen atoms in total. The summed E-state index contributed by atoms with van der Waals surface area (Å²) in [5, 5.41) is 11.8. The van der Waals surface area contributed by atoms with Gasteiger partial charge in [-0.25, -0.2) is 4.79 Å². The van der Waals surface area contributed by atoms with E-state index in [1.807, 2.05) is 0 Å². The van der Waals surface area contributed by atoms with Crippen molar-refractivity contribution in [3.05, 3.63) is 102 Å². The molecule has 4 aromatic rings. The van der Waals surface area contributed by atoms with Crippen LogP contribution in [0.2, 0.25) is 0 Å². The quantitative estimate of drug-likeness (QED) is 0.453. The summed E-state index contributed by atoms with van der Waals surface area (Å²) in [5.74, 6) is -2.06. The molecule has 6 rings (SSSR count). The van der Waals surface area contributed by atoms with Gasteiger partial charge in [-0.2, -0.15) is 0 Å². The summed E-state index contributed by atoms with van der Waals surface area (Å²) in [5.41, 5.74) is 1.38. The topological polar surface area (TPSA) is 105 Å². The zero-order chi connectivity index (χ0) is 24.8. The molecule has 174 valence electrons. The van der Waals surface area contributed by atoms with Crippen LogP contribution in [-0.4, -0.2) is 48.8 Å². The Hall–Kier alpha value is -4.98. The van der Waals surface area contributed by atoms with Crippen molar-refractivity contribution in [1.29, 1.82) is 0 Å². The van der Waals surface area contributed by atoms with E-state index < -0.39 is 17.6 Å². The van der Waals surface area contributed by atoms with Gasteiger partial charge in [0.1, 0.15) is 11.5 Å². The number of ketones is 1. The molecule has 0 bridgehead atoms. The normalized spacial score (nSPS) is 16.6. The molecule has 4 heterocycles. The SMILES string of the molecule is O=C1C(c2c(O)c3ccccc3n2C(=O)c2ccncc2)=[N+](C(=O)C2C=CN=CC2)c2ccccc21. The summed E-state index contributed by atoms with van der Waals surface area (Å²) < 4.78 is 2.63. The van der Waals surface area contributed by atoms with Crippen molar-refractivity contribution in [2.75, 3.05) is 0 Å². The fraction of sp³-hybridized carbons (Fsp3) is 0.0714. The Bertz CT molecular complexity index is 1680. The average molecular weight is 475 g/mol. The van der Waals surface area contributed by atoms with E-state index in [1.165, 1.54) is 21.5 Å². The molecule has 1 N–H and O–H groups in total. The molecular formula is C28H19N4O4+. The number of fused-ring (bicyclic) bond motifs is 2. The van der Waals surface area contributed by atoms with Gasteiger partial charge in [0.25, 0.3) is 17.4 Å². The molecule has 1 amide bonds. The van der Waals surface area contributed by atoms with Gasteiger partial charge in [-0.05, 0) is 36.4 Å². The first-order valence-corrected chi connectivity index (χ1v) is 11.4. The maximum Gasteiger partial charge on any atom is 0.400 e. The van der Waals surface area contributed by atoms with E-state index in [2.05, 4.69) is 9.98 Å². The Labute approximate surface area is 205 Å². The van der Waals surface area contributed by atoms with E-state index in [9.17, 15) is 19.5 Å². The lowest BCUT2D eigenvalue weighted by atomic mass is 10.0. The summed E-state index contributed by atoms with van der Waals surface area (Å²) in [6.45, 7) is 0. The first kappa shape index (κ1) is 21.5. The number of carbonyl (C=O) groups is 3. The van der Waals surface area contributed by atoms with E-state index >= 15 is 0 Å².